The number of hydrogen-bond acceptors (Lipinski definition) is 4. The zero-order valence-corrected chi connectivity index (χ0v) is 16.3. The highest BCUT2D eigenvalue weighted by atomic mass is 127. The smallest absolute Gasteiger partial charge is 0.146 e. The number of nitrogens with zero attached hydrogens (tertiary/aromatic N) is 1. The van der Waals surface area contributed by atoms with Crippen molar-refractivity contribution in [2.75, 3.05) is 52.2 Å². The summed E-state index contributed by atoms with van der Waals surface area (Å²) in [6.45, 7) is 3.89. The SMILES string of the molecule is CI.COCOC1CN(C)CCC1COC/C=C/I. The molecule has 2 atom stereocenters. The number of piperidine rings is 1. The van der Waals surface area contributed by atoms with E-state index in [0.717, 1.165) is 26.1 Å². The van der Waals surface area contributed by atoms with Crippen molar-refractivity contribution in [3.63, 3.8) is 0 Å². The summed E-state index contributed by atoms with van der Waals surface area (Å²) in [7, 11) is 3.78. The lowest BCUT2D eigenvalue weighted by Crippen LogP contribution is -2.45. The first-order valence-electron chi connectivity index (χ1n) is 6.27. The van der Waals surface area contributed by atoms with E-state index < -0.39 is 0 Å². The molecular weight excluding hydrogens is 472 g/mol. The molecule has 0 bridgehead atoms. The van der Waals surface area contributed by atoms with Crippen LogP contribution in [0.25, 0.3) is 0 Å². The second-order valence-corrected chi connectivity index (χ2v) is 5.04. The Kier molecular flexibility index (Phi) is 14.8. The number of ether oxygens (including phenoxy) is 3. The van der Waals surface area contributed by atoms with Gasteiger partial charge in [-0.3, -0.25) is 0 Å². The van der Waals surface area contributed by atoms with Gasteiger partial charge in [0.05, 0.1) is 19.3 Å². The van der Waals surface area contributed by atoms with Crippen molar-refractivity contribution in [2.45, 2.75) is 12.5 Å². The largest absolute Gasteiger partial charge is 0.377 e. The highest BCUT2D eigenvalue weighted by molar-refractivity contribution is 14.1. The molecule has 0 radical (unpaired) electrons. The quantitative estimate of drug-likeness (QED) is 0.235. The van der Waals surface area contributed by atoms with Gasteiger partial charge in [0.2, 0.25) is 0 Å². The van der Waals surface area contributed by atoms with Gasteiger partial charge in [-0.2, -0.15) is 0 Å². The molecule has 0 N–H and O–H groups in total. The van der Waals surface area contributed by atoms with Gasteiger partial charge in [0, 0.05) is 19.6 Å². The van der Waals surface area contributed by atoms with Crippen LogP contribution < -0.4 is 0 Å². The lowest BCUT2D eigenvalue weighted by molar-refractivity contribution is -0.121. The number of methoxy groups -OCH3 is 1. The Hall–Kier alpha value is 1.04. The van der Waals surface area contributed by atoms with E-state index >= 15 is 0 Å². The minimum absolute atomic E-state index is 0.220. The first-order valence-corrected chi connectivity index (χ1v) is 9.68. The number of halogens is 2. The van der Waals surface area contributed by atoms with Crippen molar-refractivity contribution >= 4 is 45.2 Å². The van der Waals surface area contributed by atoms with Crippen LogP contribution in [0.15, 0.2) is 10.2 Å². The Morgan fingerprint density at radius 1 is 1.37 bits per heavy atom. The molecule has 0 aromatic heterocycles. The van der Waals surface area contributed by atoms with Crippen molar-refractivity contribution in [1.29, 1.82) is 0 Å². The number of alkyl halides is 1. The number of likely N-dealkylation sites (tertiary alicyclic amines) is 1. The predicted molar refractivity (Wildman–Crippen MR) is 96.3 cm³/mol. The van der Waals surface area contributed by atoms with Crippen molar-refractivity contribution < 1.29 is 14.2 Å². The minimum Gasteiger partial charge on any atom is -0.377 e. The Morgan fingerprint density at radius 2 is 2.11 bits per heavy atom. The standard InChI is InChI=1S/C12H22INO3.CH3I/c1-14-6-4-11(9-16-7-3-5-13)12(8-14)17-10-15-2;1-2/h3,5,11-12H,4,6-10H2,1-2H3;1H3/b5-3+;. The second-order valence-electron chi connectivity index (χ2n) is 4.32. The molecule has 0 saturated carbocycles. The molecule has 0 amide bonds. The van der Waals surface area contributed by atoms with Crippen molar-refractivity contribution in [3.05, 3.63) is 10.2 Å². The van der Waals surface area contributed by atoms with Gasteiger partial charge >= 0.3 is 0 Å². The lowest BCUT2D eigenvalue weighted by atomic mass is 9.95. The van der Waals surface area contributed by atoms with Gasteiger partial charge in [-0.25, -0.2) is 0 Å². The Bertz CT molecular complexity index is 230. The zero-order valence-electron chi connectivity index (χ0n) is 12.0. The maximum Gasteiger partial charge on any atom is 0.146 e. The molecule has 2 unspecified atom stereocenters. The van der Waals surface area contributed by atoms with Gasteiger partial charge in [0.15, 0.2) is 0 Å². The van der Waals surface area contributed by atoms with Gasteiger partial charge in [-0.1, -0.05) is 51.3 Å². The molecule has 1 fully saturated rings. The van der Waals surface area contributed by atoms with Crippen LogP contribution in [0.3, 0.4) is 0 Å². The van der Waals surface area contributed by atoms with E-state index in [1.54, 1.807) is 7.11 Å². The fraction of sp³-hybridized carbons (Fsp3) is 0.846. The first-order chi connectivity index (χ1) is 9.27. The van der Waals surface area contributed by atoms with Gasteiger partial charge in [-0.15, -0.1) is 0 Å². The monoisotopic (exact) mass is 497 g/mol. The summed E-state index contributed by atoms with van der Waals surface area (Å²) in [5.41, 5.74) is 0. The highest BCUT2D eigenvalue weighted by Gasteiger charge is 2.28. The molecule has 0 aromatic carbocycles. The average Bonchev–Trinajstić information content (AvgIpc) is 2.45. The summed E-state index contributed by atoms with van der Waals surface area (Å²) in [4.78, 5) is 4.26. The van der Waals surface area contributed by atoms with Crippen LogP contribution in [0.4, 0.5) is 0 Å². The summed E-state index contributed by atoms with van der Waals surface area (Å²) < 4.78 is 18.3. The molecule has 1 saturated heterocycles. The van der Waals surface area contributed by atoms with Gasteiger partial charge in [0.1, 0.15) is 6.79 Å². The van der Waals surface area contributed by atoms with E-state index in [4.69, 9.17) is 14.2 Å². The molecule has 6 heteroatoms. The third-order valence-electron chi connectivity index (χ3n) is 2.93. The number of likely N-dealkylation sites (N-methyl/N-ethyl adjacent to an activating group) is 1. The van der Waals surface area contributed by atoms with E-state index in [9.17, 15) is 0 Å². The Balaban J connectivity index is 0.00000154. The maximum absolute atomic E-state index is 5.71. The lowest BCUT2D eigenvalue weighted by Gasteiger charge is -2.36. The predicted octanol–water partition coefficient (Wildman–Crippen LogP) is 2.94. The van der Waals surface area contributed by atoms with Gasteiger partial charge in [-0.05, 0) is 29.0 Å². The van der Waals surface area contributed by atoms with Crippen molar-refractivity contribution in [1.82, 2.24) is 4.90 Å². The third-order valence-corrected chi connectivity index (χ3v) is 3.44. The molecule has 4 nitrogen and oxygen atoms in total. The summed E-state index contributed by atoms with van der Waals surface area (Å²) in [5, 5.41) is 0. The Morgan fingerprint density at radius 3 is 2.74 bits per heavy atom. The third kappa shape index (κ3) is 9.57. The molecule has 114 valence electrons. The van der Waals surface area contributed by atoms with E-state index in [-0.39, 0.29) is 6.10 Å². The average molecular weight is 497 g/mol. The number of rotatable bonds is 7. The van der Waals surface area contributed by atoms with E-state index in [1.165, 1.54) is 0 Å². The fourth-order valence-electron chi connectivity index (χ4n) is 1.98. The van der Waals surface area contributed by atoms with Crippen LogP contribution in [0.2, 0.25) is 0 Å². The number of hydrogen-bond donors (Lipinski definition) is 0. The molecule has 0 aromatic rings. The molecule has 0 spiro atoms. The zero-order chi connectivity index (χ0) is 14.5. The molecule has 1 aliphatic heterocycles. The molecule has 1 heterocycles. The van der Waals surface area contributed by atoms with Crippen LogP contribution >= 0.6 is 45.2 Å². The molecule has 19 heavy (non-hydrogen) atoms. The normalized spacial score (nSPS) is 24.3. The van der Waals surface area contributed by atoms with E-state index in [1.807, 2.05) is 15.1 Å². The summed E-state index contributed by atoms with van der Waals surface area (Å²) in [6, 6.07) is 0. The summed E-state index contributed by atoms with van der Waals surface area (Å²) >= 11 is 4.35. The Labute approximate surface area is 144 Å². The minimum atomic E-state index is 0.220. The summed E-state index contributed by atoms with van der Waals surface area (Å²) in [5.74, 6) is 0.476. The van der Waals surface area contributed by atoms with Crippen LogP contribution in [0, 0.1) is 5.92 Å². The highest BCUT2D eigenvalue weighted by Crippen LogP contribution is 2.20. The fourth-order valence-corrected chi connectivity index (χ4v) is 2.19. The molecule has 1 rings (SSSR count). The van der Waals surface area contributed by atoms with Crippen LogP contribution in [0.1, 0.15) is 6.42 Å². The van der Waals surface area contributed by atoms with E-state index in [2.05, 4.69) is 57.1 Å². The first kappa shape index (κ1) is 20.0. The van der Waals surface area contributed by atoms with Crippen molar-refractivity contribution in [3.8, 4) is 0 Å². The summed E-state index contributed by atoms with van der Waals surface area (Å²) in [6.07, 6.45) is 3.36. The van der Waals surface area contributed by atoms with E-state index in [0.29, 0.717) is 19.3 Å². The van der Waals surface area contributed by atoms with Crippen LogP contribution in [-0.4, -0.2) is 63.2 Å². The van der Waals surface area contributed by atoms with Crippen LogP contribution in [-0.2, 0) is 14.2 Å². The second kappa shape index (κ2) is 14.0. The molecule has 1 aliphatic rings. The van der Waals surface area contributed by atoms with Crippen molar-refractivity contribution in [2.24, 2.45) is 5.92 Å². The molecular formula is C13H25I2NO3. The topological polar surface area (TPSA) is 30.9 Å². The van der Waals surface area contributed by atoms with Crippen LogP contribution in [0.5, 0.6) is 0 Å². The molecule has 0 aliphatic carbocycles. The van der Waals surface area contributed by atoms with Gasteiger partial charge < -0.3 is 19.1 Å². The maximum atomic E-state index is 5.71. The van der Waals surface area contributed by atoms with Gasteiger partial charge in [0.25, 0.3) is 0 Å².